The highest BCUT2D eigenvalue weighted by atomic mass is 32.2. The number of unbranched alkanes of at least 4 members (excludes halogenated alkanes) is 1. The molecule has 2 rings (SSSR count). The normalized spacial score (nSPS) is 22.7. The summed E-state index contributed by atoms with van der Waals surface area (Å²) in [5.41, 5.74) is 1.29. The van der Waals surface area contributed by atoms with E-state index in [4.69, 9.17) is 4.74 Å². The zero-order chi connectivity index (χ0) is 19.7. The van der Waals surface area contributed by atoms with Gasteiger partial charge < -0.3 is 9.64 Å². The molecule has 26 heavy (non-hydrogen) atoms. The number of aryl methyl sites for hydroxylation is 2. The van der Waals surface area contributed by atoms with E-state index in [0.717, 1.165) is 12.8 Å². The Bertz CT molecular complexity index is 862. The summed E-state index contributed by atoms with van der Waals surface area (Å²) < 4.78 is 56.5. The first-order chi connectivity index (χ1) is 12.0. The van der Waals surface area contributed by atoms with Crippen molar-refractivity contribution in [1.82, 2.24) is 4.90 Å². The summed E-state index contributed by atoms with van der Waals surface area (Å²) >= 11 is 0. The van der Waals surface area contributed by atoms with Crippen LogP contribution in [0.2, 0.25) is 0 Å². The summed E-state index contributed by atoms with van der Waals surface area (Å²) in [5.74, 6) is 0.198. The lowest BCUT2D eigenvalue weighted by Gasteiger charge is -2.28. The van der Waals surface area contributed by atoms with Crippen LogP contribution in [0.1, 0.15) is 30.9 Å². The third kappa shape index (κ3) is 4.23. The fourth-order valence-electron chi connectivity index (χ4n) is 3.53. The van der Waals surface area contributed by atoms with Crippen LogP contribution in [0.25, 0.3) is 0 Å². The summed E-state index contributed by atoms with van der Waals surface area (Å²) in [5, 5.41) is -0.944. The number of rotatable bonds is 7. The molecule has 1 heterocycles. The Morgan fingerprint density at radius 3 is 2.42 bits per heavy atom. The molecule has 1 saturated heterocycles. The molecule has 1 fully saturated rings. The third-order valence-corrected chi connectivity index (χ3v) is 9.36. The maximum absolute atomic E-state index is 13.4. The molecule has 0 radical (unpaired) electrons. The first-order valence-corrected chi connectivity index (χ1v) is 12.2. The van der Waals surface area contributed by atoms with Crippen molar-refractivity contribution in [3.05, 3.63) is 23.3 Å². The molecular weight excluding hydrogens is 374 g/mol. The lowest BCUT2D eigenvalue weighted by molar-refractivity contribution is 0.259. The molecule has 0 N–H and O–H groups in total. The minimum atomic E-state index is -3.78. The molecule has 8 heteroatoms. The molecule has 148 valence electrons. The minimum absolute atomic E-state index is 0.106. The van der Waals surface area contributed by atoms with Crippen molar-refractivity contribution in [1.29, 1.82) is 0 Å². The van der Waals surface area contributed by atoms with Crippen LogP contribution in [-0.2, 0) is 19.7 Å². The standard InChI is InChI=1S/C18H29NO5S2/c1-6-7-8-19(4)15-11-25(20,21)12-18(15)26(22,23)17-10-13(2)16(24-5)9-14(17)3/h9-10,15,18H,6-8,11-12H2,1-5H3/t15-,18-/m0/s1. The lowest BCUT2D eigenvalue weighted by atomic mass is 10.1. The number of methoxy groups -OCH3 is 1. The summed E-state index contributed by atoms with van der Waals surface area (Å²) in [6.07, 6.45) is 1.87. The molecule has 0 unspecified atom stereocenters. The third-order valence-electron chi connectivity index (χ3n) is 5.10. The second-order valence-electron chi connectivity index (χ2n) is 7.15. The van der Waals surface area contributed by atoms with Crippen LogP contribution >= 0.6 is 0 Å². The van der Waals surface area contributed by atoms with Crippen molar-refractivity contribution in [3.8, 4) is 5.75 Å². The molecule has 1 aliphatic heterocycles. The van der Waals surface area contributed by atoms with Gasteiger partial charge in [0, 0.05) is 6.04 Å². The van der Waals surface area contributed by atoms with E-state index in [1.54, 1.807) is 26.0 Å². The van der Waals surface area contributed by atoms with Gasteiger partial charge in [0.1, 0.15) is 5.75 Å². The molecule has 1 aromatic carbocycles. The predicted octanol–water partition coefficient (Wildman–Crippen LogP) is 1.98. The molecule has 1 aromatic rings. The quantitative estimate of drug-likeness (QED) is 0.693. The molecule has 0 bridgehead atoms. The number of nitrogens with zero attached hydrogens (tertiary/aromatic N) is 1. The lowest BCUT2D eigenvalue weighted by Crippen LogP contribution is -2.45. The van der Waals surface area contributed by atoms with Crippen LogP contribution in [0, 0.1) is 13.8 Å². The van der Waals surface area contributed by atoms with Crippen LogP contribution in [0.5, 0.6) is 5.75 Å². The van der Waals surface area contributed by atoms with Crippen LogP contribution in [0.15, 0.2) is 17.0 Å². The van der Waals surface area contributed by atoms with Gasteiger partial charge in [0.25, 0.3) is 0 Å². The zero-order valence-corrected chi connectivity index (χ0v) is 17.8. The van der Waals surface area contributed by atoms with Gasteiger partial charge in [-0.25, -0.2) is 16.8 Å². The fraction of sp³-hybridized carbons (Fsp3) is 0.667. The molecule has 0 amide bonds. The van der Waals surface area contributed by atoms with Crippen molar-refractivity contribution >= 4 is 19.7 Å². The summed E-state index contributed by atoms with van der Waals surface area (Å²) in [7, 11) is -3.82. The number of hydrogen-bond donors (Lipinski definition) is 0. The van der Waals surface area contributed by atoms with E-state index in [0.29, 0.717) is 23.4 Å². The van der Waals surface area contributed by atoms with Gasteiger partial charge in [-0.3, -0.25) is 0 Å². The van der Waals surface area contributed by atoms with E-state index in [-0.39, 0.29) is 16.4 Å². The van der Waals surface area contributed by atoms with E-state index in [9.17, 15) is 16.8 Å². The van der Waals surface area contributed by atoms with Gasteiger partial charge in [0.05, 0.1) is 28.8 Å². The highest BCUT2D eigenvalue weighted by molar-refractivity contribution is 7.96. The van der Waals surface area contributed by atoms with E-state index >= 15 is 0 Å². The molecule has 6 nitrogen and oxygen atoms in total. The summed E-state index contributed by atoms with van der Waals surface area (Å²) in [4.78, 5) is 2.09. The van der Waals surface area contributed by atoms with E-state index in [1.807, 2.05) is 11.9 Å². The molecular formula is C18H29NO5S2. The number of ether oxygens (including phenoxy) is 1. The van der Waals surface area contributed by atoms with Crippen LogP contribution in [-0.4, -0.2) is 65.2 Å². The average Bonchev–Trinajstić information content (AvgIpc) is 2.90. The van der Waals surface area contributed by atoms with Gasteiger partial charge in [0.15, 0.2) is 19.7 Å². The highest BCUT2D eigenvalue weighted by Gasteiger charge is 2.47. The van der Waals surface area contributed by atoms with Crippen molar-refractivity contribution in [3.63, 3.8) is 0 Å². The van der Waals surface area contributed by atoms with Crippen molar-refractivity contribution < 1.29 is 21.6 Å². The molecule has 0 saturated carbocycles. The SMILES string of the molecule is CCCCN(C)[C@H]1CS(=O)(=O)C[C@@H]1S(=O)(=O)c1cc(C)c(OC)cc1C. The Morgan fingerprint density at radius 1 is 1.19 bits per heavy atom. The molecule has 2 atom stereocenters. The van der Waals surface area contributed by atoms with Crippen molar-refractivity contribution in [2.45, 2.75) is 49.8 Å². The van der Waals surface area contributed by atoms with Gasteiger partial charge in [-0.05, 0) is 57.1 Å². The zero-order valence-electron chi connectivity index (χ0n) is 16.1. The number of hydrogen-bond acceptors (Lipinski definition) is 6. The average molecular weight is 404 g/mol. The van der Waals surface area contributed by atoms with Crippen LogP contribution < -0.4 is 4.74 Å². The van der Waals surface area contributed by atoms with Gasteiger partial charge in [-0.15, -0.1) is 0 Å². The second kappa shape index (κ2) is 7.86. The summed E-state index contributed by atoms with van der Waals surface area (Å²) in [6, 6.07) is 2.78. The van der Waals surface area contributed by atoms with Gasteiger partial charge >= 0.3 is 0 Å². The first-order valence-electron chi connectivity index (χ1n) is 8.83. The Balaban J connectivity index is 2.47. The van der Waals surface area contributed by atoms with Crippen LogP contribution in [0.4, 0.5) is 0 Å². The van der Waals surface area contributed by atoms with E-state index in [2.05, 4.69) is 6.92 Å². The Morgan fingerprint density at radius 2 is 1.85 bits per heavy atom. The molecule has 1 aliphatic rings. The first kappa shape index (κ1) is 21.2. The smallest absolute Gasteiger partial charge is 0.184 e. The van der Waals surface area contributed by atoms with Gasteiger partial charge in [-0.1, -0.05) is 13.3 Å². The summed E-state index contributed by atoms with van der Waals surface area (Å²) in [6.45, 7) is 6.24. The molecule has 0 spiro atoms. The molecule has 0 aromatic heterocycles. The Hall–Kier alpha value is -1.12. The maximum Gasteiger partial charge on any atom is 0.184 e. The van der Waals surface area contributed by atoms with Gasteiger partial charge in [-0.2, -0.15) is 0 Å². The van der Waals surface area contributed by atoms with Crippen LogP contribution in [0.3, 0.4) is 0 Å². The second-order valence-corrected chi connectivity index (χ2v) is 11.4. The fourth-order valence-corrected chi connectivity index (χ4v) is 8.75. The van der Waals surface area contributed by atoms with Gasteiger partial charge in [0.2, 0.25) is 0 Å². The highest BCUT2D eigenvalue weighted by Crippen LogP contribution is 2.33. The number of benzene rings is 1. The topological polar surface area (TPSA) is 80.8 Å². The van der Waals surface area contributed by atoms with E-state index in [1.165, 1.54) is 7.11 Å². The maximum atomic E-state index is 13.4. The van der Waals surface area contributed by atoms with E-state index < -0.39 is 31.0 Å². The Kier molecular flexibility index (Phi) is 6.40. The van der Waals surface area contributed by atoms with Crippen molar-refractivity contribution in [2.75, 3.05) is 32.2 Å². The molecule has 0 aliphatic carbocycles. The Labute approximate surface area is 157 Å². The predicted molar refractivity (Wildman–Crippen MR) is 103 cm³/mol. The largest absolute Gasteiger partial charge is 0.496 e. The minimum Gasteiger partial charge on any atom is -0.496 e. The monoisotopic (exact) mass is 403 g/mol. The number of sulfone groups is 2. The van der Waals surface area contributed by atoms with Crippen molar-refractivity contribution in [2.24, 2.45) is 0 Å².